The molecule has 1 aromatic carbocycles. The Labute approximate surface area is 172 Å². The van der Waals surface area contributed by atoms with Gasteiger partial charge >= 0.3 is 5.97 Å². The maximum absolute atomic E-state index is 12.4. The molecule has 3 N–H and O–H groups in total. The zero-order valence-corrected chi connectivity index (χ0v) is 17.6. The first-order chi connectivity index (χ1) is 13.3. The number of halogens is 1. The highest BCUT2D eigenvalue weighted by atomic mass is 35.5. The van der Waals surface area contributed by atoms with Crippen molar-refractivity contribution in [2.45, 2.75) is 20.8 Å². The summed E-state index contributed by atoms with van der Waals surface area (Å²) in [5.74, 6) is -1.27. The van der Waals surface area contributed by atoms with Crippen molar-refractivity contribution in [2.75, 3.05) is 30.8 Å². The minimum absolute atomic E-state index is 0.0169. The Hall–Kier alpha value is -2.58. The molecular formula is C19H22ClN3O4S. The molecule has 0 saturated heterocycles. The number of carbonyl (C=O) groups excluding carboxylic acids is 3. The SMILES string of the molecule is CCOC(=O)c1c(NC(=O)CNc2ccc(Cl)cc2C)sc(C(=O)NC)c1C. The van der Waals surface area contributed by atoms with Gasteiger partial charge in [-0.05, 0) is 50.1 Å². The number of thiophene rings is 1. The van der Waals surface area contributed by atoms with Crippen LogP contribution in [0.15, 0.2) is 18.2 Å². The average molecular weight is 424 g/mol. The van der Waals surface area contributed by atoms with Crippen LogP contribution in [0, 0.1) is 13.8 Å². The number of hydrogen-bond donors (Lipinski definition) is 3. The molecular weight excluding hydrogens is 402 g/mol. The van der Waals surface area contributed by atoms with Crippen LogP contribution in [0.5, 0.6) is 0 Å². The molecule has 2 aromatic rings. The van der Waals surface area contributed by atoms with Crippen LogP contribution in [0.4, 0.5) is 10.7 Å². The Bertz CT molecular complexity index is 911. The van der Waals surface area contributed by atoms with Crippen molar-refractivity contribution in [3.63, 3.8) is 0 Å². The Kier molecular flexibility index (Phi) is 7.42. The van der Waals surface area contributed by atoms with Gasteiger partial charge in [0, 0.05) is 17.8 Å². The van der Waals surface area contributed by atoms with E-state index in [2.05, 4.69) is 16.0 Å². The molecule has 1 aromatic heterocycles. The highest BCUT2D eigenvalue weighted by Gasteiger charge is 2.26. The lowest BCUT2D eigenvalue weighted by molar-refractivity contribution is -0.114. The summed E-state index contributed by atoms with van der Waals surface area (Å²) in [7, 11) is 1.50. The molecule has 2 rings (SSSR count). The van der Waals surface area contributed by atoms with Crippen LogP contribution in [0.3, 0.4) is 0 Å². The maximum Gasteiger partial charge on any atom is 0.341 e. The minimum Gasteiger partial charge on any atom is -0.462 e. The lowest BCUT2D eigenvalue weighted by Gasteiger charge is -2.10. The van der Waals surface area contributed by atoms with Crippen LogP contribution in [-0.4, -0.2) is 38.0 Å². The van der Waals surface area contributed by atoms with Crippen LogP contribution < -0.4 is 16.0 Å². The van der Waals surface area contributed by atoms with Crippen LogP contribution in [-0.2, 0) is 9.53 Å². The lowest BCUT2D eigenvalue weighted by atomic mass is 10.1. The first kappa shape index (κ1) is 21.7. The van der Waals surface area contributed by atoms with Gasteiger partial charge < -0.3 is 20.7 Å². The van der Waals surface area contributed by atoms with Gasteiger partial charge in [0.2, 0.25) is 5.91 Å². The van der Waals surface area contributed by atoms with Crippen molar-refractivity contribution in [3.8, 4) is 0 Å². The van der Waals surface area contributed by atoms with Crippen molar-refractivity contribution in [2.24, 2.45) is 0 Å². The number of benzene rings is 1. The topological polar surface area (TPSA) is 96.5 Å². The van der Waals surface area contributed by atoms with Gasteiger partial charge in [0.15, 0.2) is 0 Å². The van der Waals surface area contributed by atoms with E-state index in [-0.39, 0.29) is 35.5 Å². The van der Waals surface area contributed by atoms with Gasteiger partial charge in [-0.3, -0.25) is 9.59 Å². The number of hydrogen-bond acceptors (Lipinski definition) is 6. The molecule has 0 aliphatic carbocycles. The smallest absolute Gasteiger partial charge is 0.341 e. The second kappa shape index (κ2) is 9.57. The lowest BCUT2D eigenvalue weighted by Crippen LogP contribution is -2.22. The number of ether oxygens (including phenoxy) is 1. The summed E-state index contributed by atoms with van der Waals surface area (Å²) < 4.78 is 5.07. The van der Waals surface area contributed by atoms with Crippen LogP contribution in [0.25, 0.3) is 0 Å². The van der Waals surface area contributed by atoms with Crippen molar-refractivity contribution in [1.82, 2.24) is 5.32 Å². The Morgan fingerprint density at radius 2 is 1.93 bits per heavy atom. The number of carbonyl (C=O) groups is 3. The quantitative estimate of drug-likeness (QED) is 0.591. The molecule has 0 saturated carbocycles. The number of esters is 1. The molecule has 150 valence electrons. The Balaban J connectivity index is 2.20. The first-order valence-corrected chi connectivity index (χ1v) is 9.80. The van der Waals surface area contributed by atoms with E-state index in [1.807, 2.05) is 6.92 Å². The van der Waals surface area contributed by atoms with Crippen molar-refractivity contribution < 1.29 is 19.1 Å². The van der Waals surface area contributed by atoms with Gasteiger partial charge in [-0.1, -0.05) is 11.6 Å². The predicted octanol–water partition coefficient (Wildman–Crippen LogP) is 3.61. The molecule has 0 atom stereocenters. The van der Waals surface area contributed by atoms with Gasteiger partial charge in [-0.15, -0.1) is 11.3 Å². The third kappa shape index (κ3) is 5.02. The van der Waals surface area contributed by atoms with E-state index >= 15 is 0 Å². The van der Waals surface area contributed by atoms with Gasteiger partial charge in [0.1, 0.15) is 5.00 Å². The molecule has 9 heteroatoms. The fourth-order valence-electron chi connectivity index (χ4n) is 2.55. The molecule has 0 spiro atoms. The molecule has 0 unspecified atom stereocenters. The fraction of sp³-hybridized carbons (Fsp3) is 0.316. The molecule has 0 aliphatic rings. The number of anilines is 2. The molecule has 28 heavy (non-hydrogen) atoms. The summed E-state index contributed by atoms with van der Waals surface area (Å²) in [6.45, 7) is 5.39. The Morgan fingerprint density at radius 1 is 1.21 bits per heavy atom. The van der Waals surface area contributed by atoms with E-state index in [9.17, 15) is 14.4 Å². The molecule has 1 heterocycles. The van der Waals surface area contributed by atoms with Crippen molar-refractivity contribution in [3.05, 3.63) is 44.8 Å². The summed E-state index contributed by atoms with van der Waals surface area (Å²) in [5.41, 5.74) is 2.35. The third-order valence-electron chi connectivity index (χ3n) is 3.94. The summed E-state index contributed by atoms with van der Waals surface area (Å²) in [5, 5.41) is 9.16. The van der Waals surface area contributed by atoms with Gasteiger partial charge in [0.25, 0.3) is 5.91 Å². The number of aryl methyl sites for hydroxylation is 1. The predicted molar refractivity (Wildman–Crippen MR) is 112 cm³/mol. The molecule has 7 nitrogen and oxygen atoms in total. The normalized spacial score (nSPS) is 10.3. The van der Waals surface area contributed by atoms with Crippen molar-refractivity contribution in [1.29, 1.82) is 0 Å². The maximum atomic E-state index is 12.4. The zero-order chi connectivity index (χ0) is 20.8. The van der Waals surface area contributed by atoms with E-state index in [1.165, 1.54) is 7.05 Å². The van der Waals surface area contributed by atoms with E-state index in [4.69, 9.17) is 16.3 Å². The first-order valence-electron chi connectivity index (χ1n) is 8.60. The molecule has 0 radical (unpaired) electrons. The monoisotopic (exact) mass is 423 g/mol. The van der Waals surface area contributed by atoms with Crippen LogP contribution in [0.2, 0.25) is 5.02 Å². The molecule has 0 bridgehead atoms. The van der Waals surface area contributed by atoms with Gasteiger partial charge in [0.05, 0.1) is 23.6 Å². The molecule has 2 amide bonds. The average Bonchev–Trinajstić information content (AvgIpc) is 2.96. The van der Waals surface area contributed by atoms with Gasteiger partial charge in [-0.2, -0.15) is 0 Å². The second-order valence-corrected chi connectivity index (χ2v) is 7.38. The van der Waals surface area contributed by atoms with Crippen LogP contribution >= 0.6 is 22.9 Å². The summed E-state index contributed by atoms with van der Waals surface area (Å²) in [6.07, 6.45) is 0. The van der Waals surface area contributed by atoms with Gasteiger partial charge in [-0.25, -0.2) is 4.79 Å². The molecule has 0 fully saturated rings. The van der Waals surface area contributed by atoms with Crippen LogP contribution in [0.1, 0.15) is 38.1 Å². The number of nitrogens with one attached hydrogen (secondary N) is 3. The Morgan fingerprint density at radius 3 is 2.54 bits per heavy atom. The van der Waals surface area contributed by atoms with E-state index in [0.29, 0.717) is 15.5 Å². The fourth-order valence-corrected chi connectivity index (χ4v) is 3.94. The minimum atomic E-state index is -0.580. The highest BCUT2D eigenvalue weighted by Crippen LogP contribution is 2.33. The largest absolute Gasteiger partial charge is 0.462 e. The van der Waals surface area contributed by atoms with E-state index in [0.717, 1.165) is 22.6 Å². The highest BCUT2D eigenvalue weighted by molar-refractivity contribution is 7.18. The van der Waals surface area contributed by atoms with E-state index in [1.54, 1.807) is 32.0 Å². The number of amides is 2. The summed E-state index contributed by atoms with van der Waals surface area (Å²) >= 11 is 6.97. The molecule has 0 aliphatic heterocycles. The third-order valence-corrected chi connectivity index (χ3v) is 5.38. The standard InChI is InChI=1S/C19H22ClN3O4S/c1-5-27-19(26)15-11(3)16(17(25)21-4)28-18(15)23-14(24)9-22-13-7-6-12(20)8-10(13)2/h6-8,22H,5,9H2,1-4H3,(H,21,25)(H,23,24). The van der Waals surface area contributed by atoms with Crippen molar-refractivity contribution >= 4 is 51.4 Å². The van der Waals surface area contributed by atoms with E-state index < -0.39 is 5.97 Å². The summed E-state index contributed by atoms with van der Waals surface area (Å²) in [6, 6.07) is 5.30. The zero-order valence-electron chi connectivity index (χ0n) is 16.1. The number of rotatable bonds is 7. The summed E-state index contributed by atoms with van der Waals surface area (Å²) in [4.78, 5) is 37.1. The second-order valence-electron chi connectivity index (χ2n) is 5.92.